The van der Waals surface area contributed by atoms with Crippen LogP contribution in [0.3, 0.4) is 0 Å². The number of benzene rings is 2. The molecule has 0 radical (unpaired) electrons. The lowest BCUT2D eigenvalue weighted by atomic mass is 9.84. The highest BCUT2D eigenvalue weighted by Crippen LogP contribution is 2.45. The Morgan fingerprint density at radius 3 is 1.65 bits per heavy atom. The Kier molecular flexibility index (Phi) is 6.37. The van der Waals surface area contributed by atoms with Crippen LogP contribution in [0, 0.1) is 0 Å². The van der Waals surface area contributed by atoms with Crippen LogP contribution < -0.4 is 0 Å². The quantitative estimate of drug-likeness (QED) is 0.290. The Hall–Kier alpha value is -1.98. The number of aliphatic hydroxyl groups excluding tert-OH is 7. The first kappa shape index (κ1) is 20.3. The summed E-state index contributed by atoms with van der Waals surface area (Å²) in [6.45, 7) is -3.00. The van der Waals surface area contributed by atoms with Gasteiger partial charge in [-0.05, 0) is 28.6 Å². The van der Waals surface area contributed by atoms with Gasteiger partial charge < -0.3 is 46.0 Å². The summed E-state index contributed by atoms with van der Waals surface area (Å²) in [7, 11) is 0. The van der Waals surface area contributed by atoms with Crippen molar-refractivity contribution in [2.45, 2.75) is 24.9 Å². The number of hydrogen-bond acceptors (Lipinski definition) is 9. The smallest absolute Gasteiger partial charge is 0.129 e. The lowest BCUT2D eigenvalue weighted by molar-refractivity contribution is 0.0669. The maximum Gasteiger partial charge on any atom is 0.129 e. The predicted octanol–water partition coefficient (Wildman–Crippen LogP) is -1.18. The van der Waals surface area contributed by atoms with Crippen molar-refractivity contribution >= 4 is 10.8 Å². The molecule has 0 aliphatic heterocycles. The van der Waals surface area contributed by atoms with Gasteiger partial charge in [0.15, 0.2) is 0 Å². The summed E-state index contributed by atoms with van der Waals surface area (Å²) in [6, 6.07) is 2.34. The van der Waals surface area contributed by atoms with Gasteiger partial charge in [-0.1, -0.05) is 0 Å². The molecule has 2 rings (SSSR count). The zero-order valence-corrected chi connectivity index (χ0v) is 13.7. The van der Waals surface area contributed by atoms with Gasteiger partial charge in [0.25, 0.3) is 0 Å². The van der Waals surface area contributed by atoms with E-state index in [9.17, 15) is 46.0 Å². The average Bonchev–Trinajstić information content (AvgIpc) is 2.65. The Bertz CT molecular complexity index is 790. The second kappa shape index (κ2) is 8.14. The molecule has 0 saturated heterocycles. The van der Waals surface area contributed by atoms with Gasteiger partial charge >= 0.3 is 0 Å². The molecule has 3 unspecified atom stereocenters. The van der Waals surface area contributed by atoms with Crippen LogP contribution in [0.2, 0.25) is 0 Å². The van der Waals surface area contributed by atoms with E-state index < -0.39 is 50.5 Å². The van der Waals surface area contributed by atoms with Crippen LogP contribution in [-0.2, 0) is 6.61 Å². The third-order valence-electron chi connectivity index (χ3n) is 4.29. The molecule has 2 aromatic carbocycles. The molecule has 0 saturated carbocycles. The van der Waals surface area contributed by atoms with Crippen LogP contribution in [-0.4, -0.2) is 65.8 Å². The SMILES string of the molecule is OCc1cc2c(C(O)CO)c(C(O)CO)c(C(O)CO)c(O)c2cc1O. The molecule has 0 aliphatic carbocycles. The van der Waals surface area contributed by atoms with Crippen molar-refractivity contribution in [3.05, 3.63) is 34.4 Å². The lowest BCUT2D eigenvalue weighted by Crippen LogP contribution is -2.18. The molecule has 0 bridgehead atoms. The predicted molar refractivity (Wildman–Crippen MR) is 89.3 cm³/mol. The van der Waals surface area contributed by atoms with Gasteiger partial charge in [0.2, 0.25) is 0 Å². The number of fused-ring (bicyclic) bond motifs is 1. The van der Waals surface area contributed by atoms with Gasteiger partial charge in [0.1, 0.15) is 29.8 Å². The molecule has 0 amide bonds. The van der Waals surface area contributed by atoms with E-state index in [0.717, 1.165) is 6.07 Å². The molecular weight excluding hydrogens is 348 g/mol. The molecule has 9 heteroatoms. The number of phenols is 2. The first-order chi connectivity index (χ1) is 12.3. The van der Waals surface area contributed by atoms with Gasteiger partial charge in [-0.25, -0.2) is 0 Å². The number of aromatic hydroxyl groups is 2. The second-order valence-corrected chi connectivity index (χ2v) is 5.87. The average molecular weight is 370 g/mol. The normalized spacial score (nSPS) is 15.2. The molecule has 3 atom stereocenters. The van der Waals surface area contributed by atoms with E-state index in [1.165, 1.54) is 6.07 Å². The Morgan fingerprint density at radius 2 is 1.15 bits per heavy atom. The largest absolute Gasteiger partial charge is 0.508 e. The third-order valence-corrected chi connectivity index (χ3v) is 4.29. The van der Waals surface area contributed by atoms with Crippen molar-refractivity contribution in [1.29, 1.82) is 0 Å². The van der Waals surface area contributed by atoms with E-state index in [-0.39, 0.29) is 38.8 Å². The maximum atomic E-state index is 10.6. The van der Waals surface area contributed by atoms with E-state index in [1.807, 2.05) is 0 Å². The Balaban J connectivity index is 3.08. The number of rotatable bonds is 7. The van der Waals surface area contributed by atoms with E-state index >= 15 is 0 Å². The summed E-state index contributed by atoms with van der Waals surface area (Å²) in [5.74, 6) is -0.947. The summed E-state index contributed by atoms with van der Waals surface area (Å²) in [5.41, 5.74) is -0.655. The van der Waals surface area contributed by atoms with E-state index in [4.69, 9.17) is 0 Å². The zero-order valence-electron chi connectivity index (χ0n) is 13.7. The summed E-state index contributed by atoms with van der Waals surface area (Å²) in [4.78, 5) is 0. The van der Waals surface area contributed by atoms with Gasteiger partial charge in [0, 0.05) is 16.5 Å². The van der Waals surface area contributed by atoms with Crippen LogP contribution in [0.4, 0.5) is 0 Å². The van der Waals surface area contributed by atoms with Gasteiger partial charge in [-0.3, -0.25) is 0 Å². The molecule has 9 N–H and O–H groups in total. The van der Waals surface area contributed by atoms with Crippen LogP contribution in [0.1, 0.15) is 40.6 Å². The Labute approximate surface area is 148 Å². The molecule has 0 aliphatic rings. The van der Waals surface area contributed by atoms with Crippen molar-refractivity contribution in [2.75, 3.05) is 19.8 Å². The van der Waals surface area contributed by atoms with Crippen LogP contribution in [0.15, 0.2) is 12.1 Å². The highest BCUT2D eigenvalue weighted by atomic mass is 16.3. The fourth-order valence-corrected chi connectivity index (χ4v) is 3.07. The number of hydrogen-bond donors (Lipinski definition) is 9. The summed E-state index contributed by atoms with van der Waals surface area (Å²) in [6.07, 6.45) is -4.89. The first-order valence-electron chi connectivity index (χ1n) is 7.84. The van der Waals surface area contributed by atoms with Crippen LogP contribution >= 0.6 is 0 Å². The molecule has 0 aromatic heterocycles. The van der Waals surface area contributed by atoms with Crippen molar-refractivity contribution in [2.24, 2.45) is 0 Å². The maximum absolute atomic E-state index is 10.6. The molecule has 0 fully saturated rings. The van der Waals surface area contributed by atoms with Crippen molar-refractivity contribution in [1.82, 2.24) is 0 Å². The molecular formula is C17H22O9. The standard InChI is InChI=1S/C17H22O9/c18-3-7-1-8-9(2-10(7)22)17(26)16(13(25)6-21)15(12(24)5-20)14(8)11(23)4-19/h1-2,11-13,18-26H,3-6H2. The highest BCUT2D eigenvalue weighted by molar-refractivity contribution is 5.95. The summed E-state index contributed by atoms with van der Waals surface area (Å²) >= 11 is 0. The molecule has 144 valence electrons. The monoisotopic (exact) mass is 370 g/mol. The Morgan fingerprint density at radius 1 is 0.654 bits per heavy atom. The fraction of sp³-hybridized carbons (Fsp3) is 0.412. The van der Waals surface area contributed by atoms with E-state index in [2.05, 4.69) is 0 Å². The second-order valence-electron chi connectivity index (χ2n) is 5.87. The van der Waals surface area contributed by atoms with Crippen LogP contribution in [0.5, 0.6) is 11.5 Å². The van der Waals surface area contributed by atoms with Gasteiger partial charge in [-0.15, -0.1) is 0 Å². The molecule has 0 heterocycles. The minimum atomic E-state index is -1.67. The van der Waals surface area contributed by atoms with E-state index in [1.54, 1.807) is 0 Å². The summed E-state index contributed by atoms with van der Waals surface area (Å²) < 4.78 is 0. The topological polar surface area (TPSA) is 182 Å². The molecule has 26 heavy (non-hydrogen) atoms. The molecule has 9 nitrogen and oxygen atoms in total. The van der Waals surface area contributed by atoms with E-state index in [0.29, 0.717) is 0 Å². The van der Waals surface area contributed by atoms with Crippen LogP contribution in [0.25, 0.3) is 10.8 Å². The number of aliphatic hydroxyl groups is 7. The van der Waals surface area contributed by atoms with Crippen molar-refractivity contribution < 1.29 is 46.0 Å². The van der Waals surface area contributed by atoms with Gasteiger partial charge in [0.05, 0.1) is 26.4 Å². The molecule has 2 aromatic rings. The first-order valence-corrected chi connectivity index (χ1v) is 7.84. The third kappa shape index (κ3) is 3.33. The minimum Gasteiger partial charge on any atom is -0.508 e. The minimum absolute atomic E-state index is 0.0430. The number of phenolic OH excluding ortho intramolecular Hbond substituents is 1. The fourth-order valence-electron chi connectivity index (χ4n) is 3.07. The van der Waals surface area contributed by atoms with Crippen molar-refractivity contribution in [3.63, 3.8) is 0 Å². The summed E-state index contributed by atoms with van der Waals surface area (Å²) in [5, 5.41) is 88.5. The molecule has 0 spiro atoms. The lowest BCUT2D eigenvalue weighted by Gasteiger charge is -2.26. The van der Waals surface area contributed by atoms with Crippen molar-refractivity contribution in [3.8, 4) is 11.5 Å². The zero-order chi connectivity index (χ0) is 19.6. The highest BCUT2D eigenvalue weighted by Gasteiger charge is 2.30. The van der Waals surface area contributed by atoms with Gasteiger partial charge in [-0.2, -0.15) is 0 Å².